The highest BCUT2D eigenvalue weighted by Gasteiger charge is 2.21. The number of hydrogen-bond acceptors (Lipinski definition) is 4. The molecule has 0 radical (unpaired) electrons. The van der Waals surface area contributed by atoms with Gasteiger partial charge < -0.3 is 16.2 Å². The minimum atomic E-state index is -0.362. The number of halogens is 1. The summed E-state index contributed by atoms with van der Waals surface area (Å²) >= 11 is 7.43. The van der Waals surface area contributed by atoms with Gasteiger partial charge in [-0.2, -0.15) is 0 Å². The Labute approximate surface area is 126 Å². The zero-order valence-corrected chi connectivity index (χ0v) is 12.9. The van der Waals surface area contributed by atoms with Crippen LogP contribution in [0.25, 0.3) is 10.1 Å². The summed E-state index contributed by atoms with van der Waals surface area (Å²) in [4.78, 5) is 12.7. The summed E-state index contributed by atoms with van der Waals surface area (Å²) in [6.45, 7) is 4.13. The first-order chi connectivity index (χ1) is 9.35. The summed E-state index contributed by atoms with van der Waals surface area (Å²) in [6, 6.07) is 5.47. The van der Waals surface area contributed by atoms with E-state index in [1.807, 2.05) is 26.0 Å². The summed E-state index contributed by atoms with van der Waals surface area (Å²) in [5, 5.41) is 13.3. The van der Waals surface area contributed by atoms with E-state index in [1.54, 1.807) is 6.07 Å². The number of carbonyl (C=O) groups is 1. The number of carbonyl (C=O) groups excluding carboxylic acids is 1. The van der Waals surface area contributed by atoms with Crippen molar-refractivity contribution in [1.29, 1.82) is 0 Å². The lowest BCUT2D eigenvalue weighted by Gasteiger charge is -2.21. The van der Waals surface area contributed by atoms with Gasteiger partial charge in [-0.3, -0.25) is 4.79 Å². The fourth-order valence-electron chi connectivity index (χ4n) is 1.75. The van der Waals surface area contributed by atoms with Gasteiger partial charge in [0.2, 0.25) is 0 Å². The summed E-state index contributed by atoms with van der Waals surface area (Å²) in [7, 11) is 0. The quantitative estimate of drug-likeness (QED) is 0.812. The number of nitrogens with two attached hydrogens (primary N) is 1. The van der Waals surface area contributed by atoms with E-state index in [9.17, 15) is 9.90 Å². The van der Waals surface area contributed by atoms with Crippen molar-refractivity contribution >= 4 is 44.6 Å². The lowest BCUT2D eigenvalue weighted by Crippen LogP contribution is -2.35. The molecule has 0 aliphatic rings. The fraction of sp³-hybridized carbons (Fsp3) is 0.357. The zero-order valence-electron chi connectivity index (χ0n) is 11.4. The zero-order chi connectivity index (χ0) is 14.9. The van der Waals surface area contributed by atoms with E-state index in [0.29, 0.717) is 22.1 Å². The molecule has 0 saturated heterocycles. The van der Waals surface area contributed by atoms with Crippen LogP contribution in [0.15, 0.2) is 18.2 Å². The average Bonchev–Trinajstić information content (AvgIpc) is 2.75. The molecule has 0 bridgehead atoms. The molecule has 20 heavy (non-hydrogen) atoms. The first-order valence-electron chi connectivity index (χ1n) is 6.21. The molecule has 0 aliphatic carbocycles. The van der Waals surface area contributed by atoms with Crippen molar-refractivity contribution in [3.05, 3.63) is 28.1 Å². The molecule has 2 aromatic rings. The van der Waals surface area contributed by atoms with Crippen LogP contribution in [0.4, 0.5) is 5.69 Å². The third-order valence-electron chi connectivity index (χ3n) is 3.06. The van der Waals surface area contributed by atoms with Gasteiger partial charge in [0, 0.05) is 28.7 Å². The standard InChI is InChI=1S/C14H17ClN2O2S/c1-14(2,7-18)6-17-13(19)12-11(16)10-8(15)4-3-5-9(10)20-12/h3-5,18H,6-7,16H2,1-2H3,(H,17,19). The smallest absolute Gasteiger partial charge is 0.263 e. The van der Waals surface area contributed by atoms with Crippen molar-refractivity contribution in [2.75, 3.05) is 18.9 Å². The molecule has 0 atom stereocenters. The molecule has 1 heterocycles. The minimum absolute atomic E-state index is 0.000998. The van der Waals surface area contributed by atoms with Crippen LogP contribution in [0.3, 0.4) is 0 Å². The van der Waals surface area contributed by atoms with Gasteiger partial charge in [0.25, 0.3) is 5.91 Å². The Morgan fingerprint density at radius 1 is 1.50 bits per heavy atom. The highest BCUT2D eigenvalue weighted by atomic mass is 35.5. The van der Waals surface area contributed by atoms with Crippen molar-refractivity contribution in [2.45, 2.75) is 13.8 Å². The van der Waals surface area contributed by atoms with Gasteiger partial charge in [-0.15, -0.1) is 11.3 Å². The molecule has 0 fully saturated rings. The molecule has 4 nitrogen and oxygen atoms in total. The SMILES string of the molecule is CC(C)(CO)CNC(=O)c1sc2cccc(Cl)c2c1N. The van der Waals surface area contributed by atoms with Gasteiger partial charge >= 0.3 is 0 Å². The van der Waals surface area contributed by atoms with Crippen molar-refractivity contribution < 1.29 is 9.90 Å². The number of hydrogen-bond donors (Lipinski definition) is 3. The van der Waals surface area contributed by atoms with Gasteiger partial charge in [-0.05, 0) is 12.1 Å². The number of fused-ring (bicyclic) bond motifs is 1. The monoisotopic (exact) mass is 312 g/mol. The molecule has 1 aromatic carbocycles. The van der Waals surface area contributed by atoms with Crippen LogP contribution in [0.5, 0.6) is 0 Å². The van der Waals surface area contributed by atoms with Crippen LogP contribution in [-0.2, 0) is 0 Å². The Bertz CT molecular complexity index is 652. The summed E-state index contributed by atoms with van der Waals surface area (Å²) < 4.78 is 0.890. The third-order valence-corrected chi connectivity index (χ3v) is 4.55. The number of anilines is 1. The first-order valence-corrected chi connectivity index (χ1v) is 7.41. The maximum absolute atomic E-state index is 12.2. The number of rotatable bonds is 4. The number of benzene rings is 1. The first kappa shape index (κ1) is 15.1. The second-order valence-corrected chi connectivity index (χ2v) is 6.92. The molecule has 1 amide bonds. The van der Waals surface area contributed by atoms with E-state index < -0.39 is 0 Å². The van der Waals surface area contributed by atoms with Crippen molar-refractivity contribution in [2.24, 2.45) is 5.41 Å². The van der Waals surface area contributed by atoms with Gasteiger partial charge in [0.1, 0.15) is 4.88 Å². The largest absolute Gasteiger partial charge is 0.397 e. The predicted molar refractivity (Wildman–Crippen MR) is 84.4 cm³/mol. The number of aliphatic hydroxyl groups is 1. The van der Waals surface area contributed by atoms with Crippen LogP contribution in [-0.4, -0.2) is 24.2 Å². The lowest BCUT2D eigenvalue weighted by atomic mass is 9.95. The number of nitrogens with one attached hydrogen (secondary N) is 1. The van der Waals surface area contributed by atoms with Gasteiger partial charge in [0.05, 0.1) is 10.7 Å². The highest BCUT2D eigenvalue weighted by molar-refractivity contribution is 7.21. The Morgan fingerprint density at radius 2 is 2.20 bits per heavy atom. The van der Waals surface area contributed by atoms with Crippen molar-refractivity contribution in [3.8, 4) is 0 Å². The van der Waals surface area contributed by atoms with E-state index in [1.165, 1.54) is 11.3 Å². The molecule has 4 N–H and O–H groups in total. The molecule has 1 aromatic heterocycles. The maximum Gasteiger partial charge on any atom is 0.263 e. The highest BCUT2D eigenvalue weighted by Crippen LogP contribution is 2.37. The molecule has 0 spiro atoms. The normalized spacial score (nSPS) is 11.8. The van der Waals surface area contributed by atoms with Crippen LogP contribution in [0, 0.1) is 5.41 Å². The van der Waals surface area contributed by atoms with Crippen LogP contribution in [0.2, 0.25) is 5.02 Å². The summed E-state index contributed by atoms with van der Waals surface area (Å²) in [6.07, 6.45) is 0. The summed E-state index contributed by atoms with van der Waals surface area (Å²) in [5.41, 5.74) is 6.08. The van der Waals surface area contributed by atoms with Crippen LogP contribution < -0.4 is 11.1 Å². The van der Waals surface area contributed by atoms with Crippen molar-refractivity contribution in [3.63, 3.8) is 0 Å². The maximum atomic E-state index is 12.2. The Morgan fingerprint density at radius 3 is 2.80 bits per heavy atom. The van der Waals surface area contributed by atoms with Gasteiger partial charge in [-0.1, -0.05) is 31.5 Å². The van der Waals surface area contributed by atoms with Gasteiger partial charge in [-0.25, -0.2) is 0 Å². The average molecular weight is 313 g/mol. The molecule has 2 rings (SSSR count). The van der Waals surface area contributed by atoms with Crippen molar-refractivity contribution in [1.82, 2.24) is 5.32 Å². The molecule has 108 valence electrons. The number of nitrogen functional groups attached to an aromatic ring is 1. The molecule has 0 unspecified atom stereocenters. The van der Waals surface area contributed by atoms with E-state index in [-0.39, 0.29) is 17.9 Å². The second kappa shape index (κ2) is 5.60. The molecule has 6 heteroatoms. The van der Waals surface area contributed by atoms with E-state index in [4.69, 9.17) is 17.3 Å². The Hall–Kier alpha value is -1.30. The van der Waals surface area contributed by atoms with Crippen LogP contribution >= 0.6 is 22.9 Å². The molecule has 0 saturated carbocycles. The lowest BCUT2D eigenvalue weighted by molar-refractivity contribution is 0.0916. The topological polar surface area (TPSA) is 75.3 Å². The minimum Gasteiger partial charge on any atom is -0.397 e. The molecule has 0 aliphatic heterocycles. The number of thiophene rings is 1. The third kappa shape index (κ3) is 2.90. The van der Waals surface area contributed by atoms with E-state index in [0.717, 1.165) is 10.1 Å². The molecular formula is C14H17ClN2O2S. The molecular weight excluding hydrogens is 296 g/mol. The number of amides is 1. The Kier molecular flexibility index (Phi) is 4.22. The van der Waals surface area contributed by atoms with Gasteiger partial charge in [0.15, 0.2) is 0 Å². The fourth-order valence-corrected chi connectivity index (χ4v) is 3.15. The van der Waals surface area contributed by atoms with E-state index in [2.05, 4.69) is 5.32 Å². The second-order valence-electron chi connectivity index (χ2n) is 5.46. The Balaban J connectivity index is 2.27. The summed E-state index contributed by atoms with van der Waals surface area (Å²) in [5.74, 6) is -0.235. The predicted octanol–water partition coefficient (Wildman–Crippen LogP) is 2.89. The number of aliphatic hydroxyl groups excluding tert-OH is 1. The van der Waals surface area contributed by atoms with E-state index >= 15 is 0 Å². The van der Waals surface area contributed by atoms with Crippen LogP contribution in [0.1, 0.15) is 23.5 Å².